The molecule has 0 aromatic heterocycles. The smallest absolute Gasteiger partial charge is 0.317 e. The van der Waals surface area contributed by atoms with Gasteiger partial charge in [0.25, 0.3) is 0 Å². The van der Waals surface area contributed by atoms with Crippen molar-refractivity contribution in [2.45, 2.75) is 33.1 Å². The number of benzene rings is 2. The molecule has 1 aliphatic heterocycles. The molecule has 1 aliphatic rings. The quantitative estimate of drug-likeness (QED) is 0.657. The fourth-order valence-electron chi connectivity index (χ4n) is 3.06. The minimum absolute atomic E-state index is 0.143. The summed E-state index contributed by atoms with van der Waals surface area (Å²) < 4.78 is 5.78. The highest BCUT2D eigenvalue weighted by atomic mass is 35.5. The number of carbonyl (C=O) groups is 1. The molecule has 0 saturated heterocycles. The Kier molecular flexibility index (Phi) is 4.51. The Bertz CT molecular complexity index is 773. The second kappa shape index (κ2) is 6.45. The topological polar surface area (TPSA) is 26.3 Å². The summed E-state index contributed by atoms with van der Waals surface area (Å²) in [6.07, 6.45) is 0.680. The van der Waals surface area contributed by atoms with Gasteiger partial charge in [-0.2, -0.15) is 0 Å². The second-order valence-corrected chi connectivity index (χ2v) is 7.38. The number of hydrogen-bond donors (Lipinski definition) is 0. The van der Waals surface area contributed by atoms with Gasteiger partial charge in [-0.05, 0) is 43.5 Å². The van der Waals surface area contributed by atoms with Crippen molar-refractivity contribution < 1.29 is 9.53 Å². The maximum atomic E-state index is 12.4. The Hall–Kier alpha value is -2.06. The normalized spacial score (nSPS) is 18.2. The zero-order valence-electron chi connectivity index (χ0n) is 14.2. The van der Waals surface area contributed by atoms with Crippen molar-refractivity contribution in [1.29, 1.82) is 0 Å². The van der Waals surface area contributed by atoms with Gasteiger partial charge in [0.2, 0.25) is 0 Å². The molecule has 2 aromatic carbocycles. The van der Waals surface area contributed by atoms with Crippen LogP contribution in [0.4, 0.5) is 0 Å². The number of cyclic esters (lactones) is 1. The molecule has 0 amide bonds. The summed E-state index contributed by atoms with van der Waals surface area (Å²) in [6, 6.07) is 17.7. The van der Waals surface area contributed by atoms with Crippen LogP contribution < -0.4 is 0 Å². The third-order valence-corrected chi connectivity index (χ3v) is 4.85. The van der Waals surface area contributed by atoms with Crippen molar-refractivity contribution in [3.63, 3.8) is 0 Å². The van der Waals surface area contributed by atoms with Crippen LogP contribution >= 0.6 is 11.6 Å². The first-order valence-electron chi connectivity index (χ1n) is 8.15. The van der Waals surface area contributed by atoms with Crippen LogP contribution in [0.1, 0.15) is 44.2 Å². The highest BCUT2D eigenvalue weighted by Gasteiger charge is 2.39. The van der Waals surface area contributed by atoms with Gasteiger partial charge in [-0.15, -0.1) is 0 Å². The molecule has 0 spiro atoms. The lowest BCUT2D eigenvalue weighted by atomic mass is 9.77. The van der Waals surface area contributed by atoms with E-state index < -0.39 is 5.41 Å². The van der Waals surface area contributed by atoms with E-state index >= 15 is 0 Å². The average molecular weight is 341 g/mol. The van der Waals surface area contributed by atoms with E-state index in [2.05, 4.69) is 6.92 Å². The maximum absolute atomic E-state index is 12.4. The van der Waals surface area contributed by atoms with Gasteiger partial charge in [-0.25, -0.2) is 0 Å². The average Bonchev–Trinajstić information content (AvgIpc) is 2.58. The van der Waals surface area contributed by atoms with Gasteiger partial charge in [-0.1, -0.05) is 61.0 Å². The molecule has 1 unspecified atom stereocenters. The van der Waals surface area contributed by atoms with Crippen LogP contribution in [-0.2, 0) is 9.53 Å². The van der Waals surface area contributed by atoms with Gasteiger partial charge in [-0.3, -0.25) is 4.79 Å². The Balaban J connectivity index is 2.10. The fourth-order valence-corrected chi connectivity index (χ4v) is 3.19. The van der Waals surface area contributed by atoms with E-state index in [1.807, 2.05) is 68.4 Å². The maximum Gasteiger partial charge on any atom is 0.317 e. The largest absolute Gasteiger partial charge is 0.426 e. The summed E-state index contributed by atoms with van der Waals surface area (Å²) in [5, 5.41) is 0.721. The van der Waals surface area contributed by atoms with Crippen LogP contribution in [0, 0.1) is 5.41 Å². The molecular formula is C21H21ClO2. The molecule has 0 radical (unpaired) electrons. The molecule has 24 heavy (non-hydrogen) atoms. The van der Waals surface area contributed by atoms with E-state index in [0.29, 0.717) is 12.2 Å². The van der Waals surface area contributed by atoms with Crippen LogP contribution in [0.3, 0.4) is 0 Å². The monoisotopic (exact) mass is 340 g/mol. The molecule has 0 bridgehead atoms. The van der Waals surface area contributed by atoms with E-state index in [4.69, 9.17) is 16.3 Å². The van der Waals surface area contributed by atoms with Crippen molar-refractivity contribution in [2.24, 2.45) is 5.41 Å². The van der Waals surface area contributed by atoms with Crippen LogP contribution in [0.2, 0.25) is 5.02 Å². The molecular weight excluding hydrogens is 320 g/mol. The highest BCUT2D eigenvalue weighted by molar-refractivity contribution is 6.30. The molecule has 1 atom stereocenters. The first-order chi connectivity index (χ1) is 11.4. The number of allylic oxidation sites excluding steroid dienone is 1. The summed E-state index contributed by atoms with van der Waals surface area (Å²) in [5.74, 6) is 0.667. The Morgan fingerprint density at radius 3 is 2.29 bits per heavy atom. The Morgan fingerprint density at radius 2 is 1.67 bits per heavy atom. The van der Waals surface area contributed by atoms with E-state index in [9.17, 15) is 4.79 Å². The summed E-state index contributed by atoms with van der Waals surface area (Å²) >= 11 is 6.01. The van der Waals surface area contributed by atoms with Crippen molar-refractivity contribution in [1.82, 2.24) is 0 Å². The number of esters is 1. The molecule has 124 valence electrons. The summed E-state index contributed by atoms with van der Waals surface area (Å²) in [5.41, 5.74) is 2.73. The third-order valence-electron chi connectivity index (χ3n) is 4.60. The lowest BCUT2D eigenvalue weighted by molar-refractivity contribution is -0.147. The van der Waals surface area contributed by atoms with Gasteiger partial charge < -0.3 is 4.74 Å². The first kappa shape index (κ1) is 16.8. The molecule has 2 nitrogen and oxygen atoms in total. The SMILES string of the molecule is CC(C1=C(c2ccccc2)OC(=O)C(C)(C)C1)c1ccc(Cl)cc1. The first-order valence-corrected chi connectivity index (χ1v) is 8.52. The zero-order chi connectivity index (χ0) is 17.3. The number of ether oxygens (including phenoxy) is 1. The number of carbonyl (C=O) groups excluding carboxylic acids is 1. The van der Waals surface area contributed by atoms with Crippen molar-refractivity contribution in [3.8, 4) is 0 Å². The molecule has 0 N–H and O–H groups in total. The molecule has 0 aliphatic carbocycles. The van der Waals surface area contributed by atoms with Crippen molar-refractivity contribution in [2.75, 3.05) is 0 Å². The number of halogens is 1. The minimum atomic E-state index is -0.520. The van der Waals surface area contributed by atoms with Gasteiger partial charge in [0, 0.05) is 16.5 Å². The molecule has 3 rings (SSSR count). The minimum Gasteiger partial charge on any atom is -0.426 e. The van der Waals surface area contributed by atoms with E-state index in [-0.39, 0.29) is 11.9 Å². The van der Waals surface area contributed by atoms with E-state index in [0.717, 1.165) is 21.7 Å². The predicted octanol–water partition coefficient (Wildman–Crippen LogP) is 5.83. The molecule has 3 heteroatoms. The fraction of sp³-hybridized carbons (Fsp3) is 0.286. The second-order valence-electron chi connectivity index (χ2n) is 6.94. The van der Waals surface area contributed by atoms with Crippen LogP contribution in [-0.4, -0.2) is 5.97 Å². The number of rotatable bonds is 3. The van der Waals surface area contributed by atoms with Gasteiger partial charge >= 0.3 is 5.97 Å². The molecule has 0 saturated carbocycles. The summed E-state index contributed by atoms with van der Waals surface area (Å²) in [4.78, 5) is 12.4. The Morgan fingerprint density at radius 1 is 1.04 bits per heavy atom. The standard InChI is InChI=1S/C21H21ClO2/c1-14(15-9-11-17(22)12-10-15)18-13-21(2,3)20(23)24-19(18)16-7-5-4-6-8-16/h4-12,14H,13H2,1-3H3. The molecule has 0 fully saturated rings. The van der Waals surface area contributed by atoms with Crippen LogP contribution in [0.5, 0.6) is 0 Å². The lowest BCUT2D eigenvalue weighted by Crippen LogP contribution is -2.32. The lowest BCUT2D eigenvalue weighted by Gasteiger charge is -2.34. The summed E-state index contributed by atoms with van der Waals surface area (Å²) in [7, 11) is 0. The van der Waals surface area contributed by atoms with Gasteiger partial charge in [0.1, 0.15) is 5.76 Å². The summed E-state index contributed by atoms with van der Waals surface area (Å²) in [6.45, 7) is 6.02. The third kappa shape index (κ3) is 3.25. The zero-order valence-corrected chi connectivity index (χ0v) is 14.9. The van der Waals surface area contributed by atoms with Crippen molar-refractivity contribution in [3.05, 3.63) is 76.3 Å². The van der Waals surface area contributed by atoms with Gasteiger partial charge in [0.15, 0.2) is 0 Å². The highest BCUT2D eigenvalue weighted by Crippen LogP contribution is 2.44. The van der Waals surface area contributed by atoms with Crippen molar-refractivity contribution >= 4 is 23.3 Å². The molecule has 1 heterocycles. The van der Waals surface area contributed by atoms with E-state index in [1.165, 1.54) is 0 Å². The Labute approximate surface area is 148 Å². The van der Waals surface area contributed by atoms with Gasteiger partial charge in [0.05, 0.1) is 5.41 Å². The number of hydrogen-bond acceptors (Lipinski definition) is 2. The predicted molar refractivity (Wildman–Crippen MR) is 97.7 cm³/mol. The van der Waals surface area contributed by atoms with Crippen LogP contribution in [0.25, 0.3) is 5.76 Å². The van der Waals surface area contributed by atoms with Crippen LogP contribution in [0.15, 0.2) is 60.2 Å². The van der Waals surface area contributed by atoms with E-state index in [1.54, 1.807) is 0 Å². The molecule has 2 aromatic rings.